The molecular formula is C13H10BrN3O4. The van der Waals surface area contributed by atoms with Crippen molar-refractivity contribution in [3.8, 4) is 0 Å². The second kappa shape index (κ2) is 6.31. The van der Waals surface area contributed by atoms with Gasteiger partial charge < -0.3 is 5.32 Å². The minimum absolute atomic E-state index is 0.00185. The first-order valence-electron chi connectivity index (χ1n) is 5.88. The highest BCUT2D eigenvalue weighted by atomic mass is 79.9. The molecule has 2 aromatic rings. The Bertz CT molecular complexity index is 688. The highest BCUT2D eigenvalue weighted by molar-refractivity contribution is 9.10. The van der Waals surface area contributed by atoms with Gasteiger partial charge in [0.1, 0.15) is 0 Å². The van der Waals surface area contributed by atoms with Gasteiger partial charge in [-0.25, -0.2) is 0 Å². The fraction of sp³-hybridized carbons (Fsp3) is 0.0769. The maximum atomic E-state index is 10.8. The molecule has 0 aromatic heterocycles. The van der Waals surface area contributed by atoms with Crippen LogP contribution < -0.4 is 5.32 Å². The summed E-state index contributed by atoms with van der Waals surface area (Å²) in [4.78, 5) is 20.5. The predicted octanol–water partition coefficient (Wildman–Crippen LogP) is 3.88. The Morgan fingerprint density at radius 2 is 1.67 bits per heavy atom. The number of nitrogens with one attached hydrogen (secondary N) is 1. The second-order valence-electron chi connectivity index (χ2n) is 4.20. The van der Waals surface area contributed by atoms with Crippen LogP contribution in [0.25, 0.3) is 0 Å². The van der Waals surface area contributed by atoms with Crippen molar-refractivity contribution in [1.29, 1.82) is 0 Å². The van der Waals surface area contributed by atoms with Crippen LogP contribution in [0.15, 0.2) is 46.9 Å². The summed E-state index contributed by atoms with van der Waals surface area (Å²) in [5.41, 5.74) is 1.45. The average Bonchev–Trinajstić information content (AvgIpc) is 2.46. The molecular weight excluding hydrogens is 342 g/mol. The van der Waals surface area contributed by atoms with Crippen LogP contribution in [0.1, 0.15) is 5.56 Å². The molecule has 0 heterocycles. The Kier molecular flexibility index (Phi) is 4.49. The van der Waals surface area contributed by atoms with Crippen LogP contribution in [0.3, 0.4) is 0 Å². The lowest BCUT2D eigenvalue weighted by atomic mass is 10.2. The third-order valence-corrected chi connectivity index (χ3v) is 3.45. The van der Waals surface area contributed by atoms with Crippen LogP contribution in [0.2, 0.25) is 0 Å². The van der Waals surface area contributed by atoms with Crippen molar-refractivity contribution >= 4 is 33.0 Å². The van der Waals surface area contributed by atoms with Gasteiger partial charge in [-0.3, -0.25) is 20.2 Å². The maximum absolute atomic E-state index is 10.8. The lowest BCUT2D eigenvalue weighted by Gasteiger charge is -2.06. The van der Waals surface area contributed by atoms with E-state index in [0.717, 1.165) is 5.56 Å². The van der Waals surface area contributed by atoms with Crippen LogP contribution in [0, 0.1) is 20.2 Å². The summed E-state index contributed by atoms with van der Waals surface area (Å²) in [5.74, 6) is 0. The molecule has 0 aliphatic heterocycles. The molecule has 0 radical (unpaired) electrons. The summed E-state index contributed by atoms with van der Waals surface area (Å²) in [6, 6.07) is 10.8. The number of nitro benzene ring substituents is 2. The molecule has 0 aliphatic rings. The first kappa shape index (κ1) is 14.9. The van der Waals surface area contributed by atoms with Crippen LogP contribution in [-0.2, 0) is 6.54 Å². The number of non-ortho nitro benzene ring substituents is 1. The third kappa shape index (κ3) is 3.76. The molecule has 0 bridgehead atoms. The van der Waals surface area contributed by atoms with Gasteiger partial charge in [0.15, 0.2) is 0 Å². The molecule has 0 unspecified atom stereocenters. The molecule has 8 heteroatoms. The molecule has 21 heavy (non-hydrogen) atoms. The predicted molar refractivity (Wildman–Crippen MR) is 81.2 cm³/mol. The van der Waals surface area contributed by atoms with Gasteiger partial charge in [0, 0.05) is 30.4 Å². The molecule has 0 fully saturated rings. The number of anilines is 1. The number of benzene rings is 2. The van der Waals surface area contributed by atoms with E-state index in [1.165, 1.54) is 18.2 Å². The summed E-state index contributed by atoms with van der Waals surface area (Å²) < 4.78 is 0.423. The fourth-order valence-electron chi connectivity index (χ4n) is 1.71. The van der Waals surface area contributed by atoms with E-state index in [9.17, 15) is 20.2 Å². The molecule has 0 saturated carbocycles. The lowest BCUT2D eigenvalue weighted by molar-refractivity contribution is -0.385. The number of halogens is 1. The Morgan fingerprint density at radius 3 is 2.24 bits per heavy atom. The van der Waals surface area contributed by atoms with Gasteiger partial charge in [0.05, 0.1) is 14.3 Å². The van der Waals surface area contributed by atoms with Crippen LogP contribution in [0.5, 0.6) is 0 Å². The summed E-state index contributed by atoms with van der Waals surface area (Å²) in [7, 11) is 0. The largest absolute Gasteiger partial charge is 0.381 e. The molecule has 7 nitrogen and oxygen atoms in total. The monoisotopic (exact) mass is 351 g/mol. The lowest BCUT2D eigenvalue weighted by Crippen LogP contribution is -2.00. The Morgan fingerprint density at radius 1 is 1.00 bits per heavy atom. The third-order valence-electron chi connectivity index (χ3n) is 2.78. The Hall–Kier alpha value is -2.48. The molecule has 0 saturated heterocycles. The minimum atomic E-state index is -0.470. The van der Waals surface area contributed by atoms with Gasteiger partial charge in [0.25, 0.3) is 11.4 Å². The molecule has 0 amide bonds. The summed E-state index contributed by atoms with van der Waals surface area (Å²) in [6.45, 7) is 0.381. The van der Waals surface area contributed by atoms with Crippen molar-refractivity contribution in [2.24, 2.45) is 0 Å². The number of nitro groups is 2. The standard InChI is InChI=1S/C13H10BrN3O4/c14-12-6-1-9(7-13(12)17(20)21)8-15-10-2-4-11(5-3-10)16(18)19/h1-7,15H,8H2. The van der Waals surface area contributed by atoms with Crippen LogP contribution in [0.4, 0.5) is 17.1 Å². The molecule has 0 aliphatic carbocycles. The number of hydrogen-bond donors (Lipinski definition) is 1. The van der Waals surface area contributed by atoms with E-state index >= 15 is 0 Å². The van der Waals surface area contributed by atoms with Gasteiger partial charge in [-0.15, -0.1) is 0 Å². The average molecular weight is 352 g/mol. The molecule has 2 aromatic carbocycles. The van der Waals surface area contributed by atoms with E-state index in [4.69, 9.17) is 0 Å². The Balaban J connectivity index is 2.07. The molecule has 2 rings (SSSR count). The van der Waals surface area contributed by atoms with Gasteiger partial charge in [-0.05, 0) is 39.7 Å². The summed E-state index contributed by atoms with van der Waals surface area (Å²) >= 11 is 3.12. The van der Waals surface area contributed by atoms with Gasteiger partial charge in [-0.1, -0.05) is 6.07 Å². The van der Waals surface area contributed by atoms with Crippen LogP contribution >= 0.6 is 15.9 Å². The van der Waals surface area contributed by atoms with Gasteiger partial charge in [0.2, 0.25) is 0 Å². The highest BCUT2D eigenvalue weighted by Crippen LogP contribution is 2.26. The minimum Gasteiger partial charge on any atom is -0.381 e. The summed E-state index contributed by atoms with van der Waals surface area (Å²) in [5, 5.41) is 24.4. The van der Waals surface area contributed by atoms with E-state index in [1.807, 2.05) is 0 Å². The van der Waals surface area contributed by atoms with Crippen LogP contribution in [-0.4, -0.2) is 9.85 Å². The number of hydrogen-bond acceptors (Lipinski definition) is 5. The quantitative estimate of drug-likeness (QED) is 0.650. The zero-order valence-electron chi connectivity index (χ0n) is 10.7. The zero-order valence-corrected chi connectivity index (χ0v) is 12.2. The van der Waals surface area contributed by atoms with Crippen molar-refractivity contribution in [1.82, 2.24) is 0 Å². The highest BCUT2D eigenvalue weighted by Gasteiger charge is 2.12. The van der Waals surface area contributed by atoms with Crippen molar-refractivity contribution in [2.75, 3.05) is 5.32 Å². The molecule has 1 N–H and O–H groups in total. The SMILES string of the molecule is O=[N+]([O-])c1ccc(NCc2ccc(Br)c([N+](=O)[O-])c2)cc1. The first-order valence-corrected chi connectivity index (χ1v) is 6.68. The smallest absolute Gasteiger partial charge is 0.283 e. The van der Waals surface area contributed by atoms with E-state index in [-0.39, 0.29) is 11.4 Å². The normalized spacial score (nSPS) is 10.1. The topological polar surface area (TPSA) is 98.3 Å². The number of nitrogens with zero attached hydrogens (tertiary/aromatic N) is 2. The summed E-state index contributed by atoms with van der Waals surface area (Å²) in [6.07, 6.45) is 0. The van der Waals surface area contributed by atoms with E-state index < -0.39 is 9.85 Å². The zero-order chi connectivity index (χ0) is 15.4. The van der Waals surface area contributed by atoms with E-state index in [0.29, 0.717) is 16.7 Å². The van der Waals surface area contributed by atoms with Crippen molar-refractivity contribution < 1.29 is 9.85 Å². The molecule has 108 valence electrons. The van der Waals surface area contributed by atoms with Gasteiger partial charge >= 0.3 is 0 Å². The van der Waals surface area contributed by atoms with Crippen molar-refractivity contribution in [3.63, 3.8) is 0 Å². The molecule has 0 atom stereocenters. The van der Waals surface area contributed by atoms with Gasteiger partial charge in [-0.2, -0.15) is 0 Å². The van der Waals surface area contributed by atoms with Crippen molar-refractivity contribution in [3.05, 3.63) is 72.7 Å². The van der Waals surface area contributed by atoms with E-state index in [1.54, 1.807) is 24.3 Å². The van der Waals surface area contributed by atoms with Crippen molar-refractivity contribution in [2.45, 2.75) is 6.54 Å². The maximum Gasteiger partial charge on any atom is 0.283 e. The molecule has 0 spiro atoms. The number of rotatable bonds is 5. The second-order valence-corrected chi connectivity index (χ2v) is 5.05. The Labute approximate surface area is 128 Å². The fourth-order valence-corrected chi connectivity index (χ4v) is 2.10. The van der Waals surface area contributed by atoms with E-state index in [2.05, 4.69) is 21.2 Å². The first-order chi connectivity index (χ1) is 9.97.